The van der Waals surface area contributed by atoms with E-state index >= 15 is 0 Å². The van der Waals surface area contributed by atoms with Crippen molar-refractivity contribution in [1.82, 2.24) is 4.90 Å². The van der Waals surface area contributed by atoms with E-state index in [9.17, 15) is 14.7 Å². The van der Waals surface area contributed by atoms with Crippen LogP contribution in [0, 0.1) is 11.8 Å². The van der Waals surface area contributed by atoms with Crippen molar-refractivity contribution >= 4 is 22.8 Å². The molecule has 0 aliphatic carbocycles. The van der Waals surface area contributed by atoms with Gasteiger partial charge in [0.05, 0.1) is 5.69 Å². The first-order chi connectivity index (χ1) is 12.6. The minimum absolute atomic E-state index is 0.0144. The number of rotatable bonds is 8. The average molecular weight is 371 g/mol. The van der Waals surface area contributed by atoms with E-state index in [1.165, 1.54) is 0 Å². The number of anilines is 3. The van der Waals surface area contributed by atoms with Crippen LogP contribution in [0.1, 0.15) is 33.3 Å². The van der Waals surface area contributed by atoms with Crippen LogP contribution in [0.3, 0.4) is 0 Å². The molecule has 6 nitrogen and oxygen atoms in total. The van der Waals surface area contributed by atoms with Gasteiger partial charge in [-0.15, -0.1) is 0 Å². The van der Waals surface area contributed by atoms with Crippen molar-refractivity contribution in [3.8, 4) is 5.75 Å². The standard InChI is InChI=1S/C21H29N3O3/c1-11(2)16(12(3)4)23-18-17(20(26)21(18)27)22-15-10-8-9-14(19(15)25)13(5)24(6)7/h8-12,16,22-23,25H,5H2,1-4,6-7H3. The van der Waals surface area contributed by atoms with Crippen molar-refractivity contribution in [3.63, 3.8) is 0 Å². The van der Waals surface area contributed by atoms with Gasteiger partial charge in [0.1, 0.15) is 17.1 Å². The third-order valence-electron chi connectivity index (χ3n) is 4.80. The van der Waals surface area contributed by atoms with Gasteiger partial charge in [0, 0.05) is 31.4 Å². The highest BCUT2D eigenvalue weighted by Crippen LogP contribution is 2.35. The van der Waals surface area contributed by atoms with Crippen molar-refractivity contribution < 1.29 is 5.11 Å². The minimum atomic E-state index is -0.583. The maximum absolute atomic E-state index is 12.1. The van der Waals surface area contributed by atoms with Crippen LogP contribution in [-0.2, 0) is 0 Å². The molecule has 0 atom stereocenters. The molecule has 0 heterocycles. The van der Waals surface area contributed by atoms with E-state index in [1.807, 2.05) is 14.1 Å². The zero-order valence-corrected chi connectivity index (χ0v) is 16.9. The Morgan fingerprint density at radius 3 is 2.11 bits per heavy atom. The van der Waals surface area contributed by atoms with Crippen LogP contribution in [0.4, 0.5) is 17.1 Å². The van der Waals surface area contributed by atoms with Gasteiger partial charge in [0.25, 0.3) is 10.9 Å². The van der Waals surface area contributed by atoms with Gasteiger partial charge in [-0.3, -0.25) is 9.59 Å². The summed E-state index contributed by atoms with van der Waals surface area (Å²) < 4.78 is 0. The lowest BCUT2D eigenvalue weighted by atomic mass is 9.92. The first-order valence-electron chi connectivity index (χ1n) is 9.11. The molecule has 0 saturated carbocycles. The number of para-hydroxylation sites is 1. The second-order valence-corrected chi connectivity index (χ2v) is 7.73. The summed E-state index contributed by atoms with van der Waals surface area (Å²) in [6.07, 6.45) is 0. The summed E-state index contributed by atoms with van der Waals surface area (Å²) in [6.45, 7) is 12.2. The van der Waals surface area contributed by atoms with E-state index in [1.54, 1.807) is 23.1 Å². The maximum atomic E-state index is 12.1. The van der Waals surface area contributed by atoms with Gasteiger partial charge in [-0.2, -0.15) is 0 Å². The lowest BCUT2D eigenvalue weighted by molar-refractivity contribution is 0.413. The van der Waals surface area contributed by atoms with Gasteiger partial charge < -0.3 is 20.6 Å². The molecule has 2 aromatic carbocycles. The largest absolute Gasteiger partial charge is 0.505 e. The topological polar surface area (TPSA) is 81.7 Å². The molecular weight excluding hydrogens is 342 g/mol. The zero-order chi connectivity index (χ0) is 20.5. The highest BCUT2D eigenvalue weighted by Gasteiger charge is 2.27. The number of benzene rings is 1. The average Bonchev–Trinajstić information content (AvgIpc) is 2.60. The maximum Gasteiger partial charge on any atom is 0.253 e. The first-order valence-corrected chi connectivity index (χ1v) is 9.11. The Bertz CT molecular complexity index is 898. The van der Waals surface area contributed by atoms with Gasteiger partial charge in [0.2, 0.25) is 0 Å². The minimum Gasteiger partial charge on any atom is -0.505 e. The molecule has 0 aromatic heterocycles. The lowest BCUT2D eigenvalue weighted by Gasteiger charge is -2.28. The molecule has 0 saturated heterocycles. The molecule has 0 radical (unpaired) electrons. The summed E-state index contributed by atoms with van der Waals surface area (Å²) in [5.41, 5.74) is 0.908. The van der Waals surface area contributed by atoms with Crippen LogP contribution in [0.25, 0.3) is 5.70 Å². The fourth-order valence-electron chi connectivity index (χ4n) is 3.17. The van der Waals surface area contributed by atoms with Gasteiger partial charge in [-0.25, -0.2) is 0 Å². The summed E-state index contributed by atoms with van der Waals surface area (Å²) in [5, 5.41) is 16.7. The molecule has 0 aliphatic rings. The smallest absolute Gasteiger partial charge is 0.253 e. The number of phenolic OH excluding ortho intramolecular Hbond substituents is 1. The third kappa shape index (κ3) is 3.99. The fourth-order valence-corrected chi connectivity index (χ4v) is 3.17. The number of nitrogens with zero attached hydrogens (tertiary/aromatic N) is 1. The molecule has 0 aliphatic heterocycles. The number of hydrogen-bond donors (Lipinski definition) is 3. The van der Waals surface area contributed by atoms with E-state index in [4.69, 9.17) is 0 Å². The van der Waals surface area contributed by atoms with Crippen LogP contribution >= 0.6 is 0 Å². The number of phenols is 1. The Balaban J connectivity index is 2.36. The predicted octanol–water partition coefficient (Wildman–Crippen LogP) is 3.36. The second kappa shape index (κ2) is 7.86. The fraction of sp³-hybridized carbons (Fsp3) is 0.429. The first kappa shape index (κ1) is 20.6. The summed E-state index contributed by atoms with van der Waals surface area (Å²) in [4.78, 5) is 26.0. The molecule has 0 spiro atoms. The predicted molar refractivity (Wildman–Crippen MR) is 113 cm³/mol. The molecule has 6 heteroatoms. The van der Waals surface area contributed by atoms with Crippen molar-refractivity contribution in [2.24, 2.45) is 11.8 Å². The molecule has 0 fully saturated rings. The normalized spacial score (nSPS) is 11.4. The van der Waals surface area contributed by atoms with Crippen LogP contribution in [0.15, 0.2) is 34.4 Å². The van der Waals surface area contributed by atoms with Crippen molar-refractivity contribution in [3.05, 3.63) is 50.8 Å². The summed E-state index contributed by atoms with van der Waals surface area (Å²) in [7, 11) is 3.66. The summed E-state index contributed by atoms with van der Waals surface area (Å²) in [5.74, 6) is 0.573. The van der Waals surface area contributed by atoms with Gasteiger partial charge >= 0.3 is 0 Å². The highest BCUT2D eigenvalue weighted by atomic mass is 16.3. The number of nitrogens with one attached hydrogen (secondary N) is 2. The second-order valence-electron chi connectivity index (χ2n) is 7.73. The third-order valence-corrected chi connectivity index (χ3v) is 4.80. The van der Waals surface area contributed by atoms with E-state index in [0.29, 0.717) is 28.8 Å². The van der Waals surface area contributed by atoms with Crippen molar-refractivity contribution in [2.45, 2.75) is 33.7 Å². The van der Waals surface area contributed by atoms with Gasteiger partial charge in [-0.1, -0.05) is 40.3 Å². The Morgan fingerprint density at radius 1 is 1.04 bits per heavy atom. The van der Waals surface area contributed by atoms with Crippen LogP contribution in [0.2, 0.25) is 0 Å². The molecule has 146 valence electrons. The quantitative estimate of drug-likeness (QED) is 0.488. The molecule has 0 amide bonds. The molecule has 2 rings (SSSR count). The molecule has 27 heavy (non-hydrogen) atoms. The SMILES string of the molecule is C=C(c1cccc(Nc2c(NC(C(C)C)C(C)C)c(=O)c2=O)c1O)N(C)C. The van der Waals surface area contributed by atoms with Crippen LogP contribution in [-0.4, -0.2) is 30.1 Å². The Labute approximate surface area is 160 Å². The Kier molecular flexibility index (Phi) is 5.98. The Hall–Kier alpha value is -2.76. The summed E-state index contributed by atoms with van der Waals surface area (Å²) in [6, 6.07) is 5.22. The Morgan fingerprint density at radius 2 is 1.59 bits per heavy atom. The molecule has 3 N–H and O–H groups in total. The number of hydrogen-bond acceptors (Lipinski definition) is 6. The number of aromatic hydroxyl groups is 1. The van der Waals surface area contributed by atoms with E-state index in [2.05, 4.69) is 44.9 Å². The highest BCUT2D eigenvalue weighted by molar-refractivity contribution is 5.83. The summed E-state index contributed by atoms with van der Waals surface area (Å²) >= 11 is 0. The van der Waals surface area contributed by atoms with Crippen molar-refractivity contribution in [1.29, 1.82) is 0 Å². The van der Waals surface area contributed by atoms with E-state index in [0.717, 1.165) is 0 Å². The lowest BCUT2D eigenvalue weighted by Crippen LogP contribution is -2.41. The van der Waals surface area contributed by atoms with Gasteiger partial charge in [-0.05, 0) is 24.0 Å². The molecule has 0 unspecified atom stereocenters. The van der Waals surface area contributed by atoms with Crippen LogP contribution in [0.5, 0.6) is 5.75 Å². The molecule has 0 bridgehead atoms. The molecule has 2 aromatic rings. The van der Waals surface area contributed by atoms with Gasteiger partial charge in [0.15, 0.2) is 0 Å². The van der Waals surface area contributed by atoms with Crippen molar-refractivity contribution in [2.75, 3.05) is 24.7 Å². The zero-order valence-electron chi connectivity index (χ0n) is 16.9. The van der Waals surface area contributed by atoms with E-state index < -0.39 is 10.9 Å². The molecular formula is C21H29N3O3. The van der Waals surface area contributed by atoms with Crippen LogP contribution < -0.4 is 21.5 Å². The van der Waals surface area contributed by atoms with E-state index in [-0.39, 0.29) is 23.2 Å². The monoisotopic (exact) mass is 371 g/mol.